The van der Waals surface area contributed by atoms with Crippen LogP contribution < -0.4 is 4.74 Å². The molecule has 1 heterocycles. The molecular weight excluding hydrogens is 212 g/mol. The molecule has 17 heavy (non-hydrogen) atoms. The highest BCUT2D eigenvalue weighted by Gasteiger charge is 2.46. The van der Waals surface area contributed by atoms with Gasteiger partial charge in [-0.3, -0.25) is 0 Å². The van der Waals surface area contributed by atoms with E-state index < -0.39 is 0 Å². The molecule has 0 bridgehead atoms. The Morgan fingerprint density at radius 2 is 2.00 bits per heavy atom. The van der Waals surface area contributed by atoms with Gasteiger partial charge in [0.05, 0.1) is 0 Å². The fraction of sp³-hybridized carbons (Fsp3) is 0.600. The number of rotatable bonds is 0. The molecule has 1 aromatic rings. The van der Waals surface area contributed by atoms with E-state index in [-0.39, 0.29) is 5.60 Å². The lowest BCUT2D eigenvalue weighted by atomic mass is 9.72. The van der Waals surface area contributed by atoms with Crippen LogP contribution in [-0.2, 0) is 0 Å². The van der Waals surface area contributed by atoms with Crippen molar-refractivity contribution in [3.63, 3.8) is 0 Å². The van der Waals surface area contributed by atoms with Crippen LogP contribution in [0.1, 0.15) is 62.1 Å². The van der Waals surface area contributed by atoms with Gasteiger partial charge in [-0.15, -0.1) is 0 Å². The number of phenols is 1. The molecule has 3 rings (SSSR count). The predicted octanol–water partition coefficient (Wildman–Crippen LogP) is 3.85. The minimum Gasteiger partial charge on any atom is -0.508 e. The van der Waals surface area contributed by atoms with Gasteiger partial charge in [0, 0.05) is 17.0 Å². The van der Waals surface area contributed by atoms with Crippen molar-refractivity contribution in [3.05, 3.63) is 22.8 Å². The number of hydrogen-bond acceptors (Lipinski definition) is 2. The van der Waals surface area contributed by atoms with Gasteiger partial charge in [0.1, 0.15) is 17.1 Å². The lowest BCUT2D eigenvalue weighted by molar-refractivity contribution is 0.103. The van der Waals surface area contributed by atoms with Crippen molar-refractivity contribution < 1.29 is 9.84 Å². The number of phenolic OH excluding ortho intramolecular Hbond substituents is 1. The summed E-state index contributed by atoms with van der Waals surface area (Å²) in [6.07, 6.45) is 2.30. The van der Waals surface area contributed by atoms with E-state index in [9.17, 15) is 5.11 Å². The van der Waals surface area contributed by atoms with Gasteiger partial charge in [0.25, 0.3) is 0 Å². The molecule has 0 saturated carbocycles. The molecule has 2 atom stereocenters. The summed E-state index contributed by atoms with van der Waals surface area (Å²) in [5.74, 6) is 2.37. The zero-order valence-electron chi connectivity index (χ0n) is 11.0. The second-order valence-corrected chi connectivity index (χ2v) is 6.11. The van der Waals surface area contributed by atoms with Crippen LogP contribution in [0.15, 0.2) is 6.07 Å². The lowest BCUT2D eigenvalue weighted by Crippen LogP contribution is -2.31. The normalized spacial score (nSPS) is 28.7. The maximum atomic E-state index is 10.2. The maximum absolute atomic E-state index is 10.2. The van der Waals surface area contributed by atoms with E-state index in [4.69, 9.17) is 4.74 Å². The van der Waals surface area contributed by atoms with Crippen molar-refractivity contribution in [2.75, 3.05) is 0 Å². The number of ether oxygens (including phenoxy) is 1. The van der Waals surface area contributed by atoms with E-state index in [1.54, 1.807) is 0 Å². The number of aryl methyl sites for hydroxylation is 1. The van der Waals surface area contributed by atoms with E-state index in [1.807, 2.05) is 13.0 Å². The van der Waals surface area contributed by atoms with Crippen molar-refractivity contribution in [1.82, 2.24) is 0 Å². The Labute approximate surface area is 103 Å². The topological polar surface area (TPSA) is 29.5 Å². The predicted molar refractivity (Wildman–Crippen MR) is 67.9 cm³/mol. The summed E-state index contributed by atoms with van der Waals surface area (Å²) in [5.41, 5.74) is 3.35. The van der Waals surface area contributed by atoms with Gasteiger partial charge in [-0.2, -0.15) is 0 Å². The first-order valence-electron chi connectivity index (χ1n) is 6.47. The summed E-state index contributed by atoms with van der Waals surface area (Å²) < 4.78 is 6.14. The summed E-state index contributed by atoms with van der Waals surface area (Å²) in [7, 11) is 0. The van der Waals surface area contributed by atoms with Crippen LogP contribution >= 0.6 is 0 Å². The average Bonchev–Trinajstić information content (AvgIpc) is 2.49. The van der Waals surface area contributed by atoms with E-state index >= 15 is 0 Å². The minimum atomic E-state index is -0.129. The second kappa shape index (κ2) is 3.18. The molecule has 0 radical (unpaired) electrons. The highest BCUT2D eigenvalue weighted by atomic mass is 16.5. The molecule has 2 unspecified atom stereocenters. The molecule has 2 heteroatoms. The Morgan fingerprint density at radius 3 is 2.71 bits per heavy atom. The van der Waals surface area contributed by atoms with Gasteiger partial charge in [0.2, 0.25) is 0 Å². The minimum absolute atomic E-state index is 0.129. The van der Waals surface area contributed by atoms with Gasteiger partial charge in [-0.1, -0.05) is 6.92 Å². The molecule has 1 N–H and O–H groups in total. The van der Waals surface area contributed by atoms with Crippen LogP contribution in [0.3, 0.4) is 0 Å². The Morgan fingerprint density at radius 1 is 1.29 bits per heavy atom. The van der Waals surface area contributed by atoms with E-state index in [1.165, 1.54) is 5.56 Å². The van der Waals surface area contributed by atoms with Crippen LogP contribution in [-0.4, -0.2) is 10.7 Å². The fourth-order valence-corrected chi connectivity index (χ4v) is 3.56. The summed E-state index contributed by atoms with van der Waals surface area (Å²) in [5, 5.41) is 10.2. The van der Waals surface area contributed by atoms with Gasteiger partial charge in [-0.05, 0) is 51.2 Å². The molecule has 0 amide bonds. The highest BCUT2D eigenvalue weighted by Crippen LogP contribution is 2.57. The molecule has 0 fully saturated rings. The Balaban J connectivity index is 2.31. The van der Waals surface area contributed by atoms with Crippen LogP contribution in [0.5, 0.6) is 11.5 Å². The van der Waals surface area contributed by atoms with Crippen LogP contribution in [0, 0.1) is 6.92 Å². The van der Waals surface area contributed by atoms with E-state index in [2.05, 4.69) is 20.8 Å². The van der Waals surface area contributed by atoms with Crippen molar-refractivity contribution in [2.45, 2.75) is 58.0 Å². The zero-order valence-corrected chi connectivity index (χ0v) is 11.0. The molecule has 2 nitrogen and oxygen atoms in total. The fourth-order valence-electron chi connectivity index (χ4n) is 3.56. The average molecular weight is 232 g/mol. The van der Waals surface area contributed by atoms with Gasteiger partial charge < -0.3 is 9.84 Å². The first kappa shape index (κ1) is 10.9. The maximum Gasteiger partial charge on any atom is 0.127 e. The molecule has 1 aliphatic carbocycles. The molecule has 1 aromatic carbocycles. The molecule has 0 aromatic heterocycles. The zero-order chi connectivity index (χ0) is 12.4. The van der Waals surface area contributed by atoms with Gasteiger partial charge in [-0.25, -0.2) is 0 Å². The molecule has 1 aliphatic heterocycles. The van der Waals surface area contributed by atoms with Crippen LogP contribution in [0.2, 0.25) is 0 Å². The molecular formula is C15H20O2. The van der Waals surface area contributed by atoms with Crippen molar-refractivity contribution in [3.8, 4) is 11.5 Å². The molecule has 0 saturated heterocycles. The third kappa shape index (κ3) is 1.33. The van der Waals surface area contributed by atoms with Crippen molar-refractivity contribution in [2.24, 2.45) is 0 Å². The standard InChI is InChI=1S/C15H20O2/c1-8-5-6-10-13-12(8)11(16)7-9(2)14(13)17-15(10,3)4/h7-8,10,16H,5-6H2,1-4H3. The summed E-state index contributed by atoms with van der Waals surface area (Å²) in [4.78, 5) is 0. The number of benzene rings is 1. The third-order valence-electron chi connectivity index (χ3n) is 4.46. The van der Waals surface area contributed by atoms with Crippen molar-refractivity contribution in [1.29, 1.82) is 0 Å². The number of hydrogen-bond donors (Lipinski definition) is 1. The third-order valence-corrected chi connectivity index (χ3v) is 4.46. The summed E-state index contributed by atoms with van der Waals surface area (Å²) in [6, 6.07) is 1.86. The van der Waals surface area contributed by atoms with Crippen LogP contribution in [0.4, 0.5) is 0 Å². The molecule has 0 spiro atoms. The second-order valence-electron chi connectivity index (χ2n) is 6.11. The Kier molecular flexibility index (Phi) is 2.05. The first-order valence-corrected chi connectivity index (χ1v) is 6.47. The number of aromatic hydroxyl groups is 1. The monoisotopic (exact) mass is 232 g/mol. The Hall–Kier alpha value is -1.18. The molecule has 2 aliphatic rings. The van der Waals surface area contributed by atoms with Crippen molar-refractivity contribution >= 4 is 0 Å². The summed E-state index contributed by atoms with van der Waals surface area (Å²) >= 11 is 0. The lowest BCUT2D eigenvalue weighted by Gasteiger charge is -2.32. The SMILES string of the molecule is Cc1cc(O)c2c3c1OC(C)(C)C3CCC2C. The van der Waals surface area contributed by atoms with Gasteiger partial charge >= 0.3 is 0 Å². The smallest absolute Gasteiger partial charge is 0.127 e. The summed E-state index contributed by atoms with van der Waals surface area (Å²) in [6.45, 7) is 8.54. The van der Waals surface area contributed by atoms with Gasteiger partial charge in [0.15, 0.2) is 0 Å². The molecule has 92 valence electrons. The Bertz CT molecular complexity index is 488. The quantitative estimate of drug-likeness (QED) is 0.736. The highest BCUT2D eigenvalue weighted by molar-refractivity contribution is 5.59. The first-order chi connectivity index (χ1) is 7.92. The van der Waals surface area contributed by atoms with E-state index in [0.29, 0.717) is 17.6 Å². The largest absolute Gasteiger partial charge is 0.508 e. The van der Waals surface area contributed by atoms with E-state index in [0.717, 1.165) is 29.7 Å². The van der Waals surface area contributed by atoms with Crippen LogP contribution in [0.25, 0.3) is 0 Å².